The van der Waals surface area contributed by atoms with Gasteiger partial charge in [-0.2, -0.15) is 0 Å². The SMILES string of the molecule is CNc1ccc([N+](=O)[O-])c(C(=O)N2CCCC(O)C2)c1. The fourth-order valence-electron chi connectivity index (χ4n) is 2.33. The van der Waals surface area contributed by atoms with Gasteiger partial charge in [0.05, 0.1) is 11.0 Å². The maximum Gasteiger partial charge on any atom is 0.282 e. The molecule has 1 aromatic carbocycles. The van der Waals surface area contributed by atoms with Crippen molar-refractivity contribution in [2.24, 2.45) is 0 Å². The lowest BCUT2D eigenvalue weighted by molar-refractivity contribution is -0.385. The highest BCUT2D eigenvalue weighted by atomic mass is 16.6. The number of carbonyl (C=O) groups excluding carboxylic acids is 1. The quantitative estimate of drug-likeness (QED) is 0.641. The van der Waals surface area contributed by atoms with Crippen molar-refractivity contribution in [1.29, 1.82) is 0 Å². The zero-order chi connectivity index (χ0) is 14.7. The molecule has 0 bridgehead atoms. The number of nitrogens with one attached hydrogen (secondary N) is 1. The monoisotopic (exact) mass is 279 g/mol. The fraction of sp³-hybridized carbons (Fsp3) is 0.462. The lowest BCUT2D eigenvalue weighted by Crippen LogP contribution is -2.42. The van der Waals surface area contributed by atoms with E-state index in [9.17, 15) is 20.0 Å². The van der Waals surface area contributed by atoms with Crippen LogP contribution in [-0.2, 0) is 0 Å². The maximum atomic E-state index is 12.4. The molecule has 7 heteroatoms. The first kappa shape index (κ1) is 14.3. The van der Waals surface area contributed by atoms with Gasteiger partial charge in [-0.15, -0.1) is 0 Å². The van der Waals surface area contributed by atoms with Crippen LogP contribution in [0, 0.1) is 10.1 Å². The summed E-state index contributed by atoms with van der Waals surface area (Å²) in [6.07, 6.45) is 0.800. The van der Waals surface area contributed by atoms with Crippen molar-refractivity contribution in [3.63, 3.8) is 0 Å². The van der Waals surface area contributed by atoms with Crippen molar-refractivity contribution in [1.82, 2.24) is 4.90 Å². The van der Waals surface area contributed by atoms with Gasteiger partial charge in [-0.05, 0) is 25.0 Å². The number of amides is 1. The third-order valence-electron chi connectivity index (χ3n) is 3.40. The lowest BCUT2D eigenvalue weighted by atomic mass is 10.1. The standard InChI is InChI=1S/C13H17N3O4/c1-14-9-4-5-12(16(19)20)11(7-9)13(18)15-6-2-3-10(17)8-15/h4-5,7,10,14,17H,2-3,6,8H2,1H3. The van der Waals surface area contributed by atoms with E-state index < -0.39 is 16.9 Å². The molecule has 0 aliphatic carbocycles. The number of hydrogen-bond acceptors (Lipinski definition) is 5. The van der Waals surface area contributed by atoms with Crippen LogP contribution in [-0.4, -0.2) is 47.1 Å². The minimum atomic E-state index is -0.562. The number of piperidine rings is 1. The second-order valence-electron chi connectivity index (χ2n) is 4.79. The molecule has 1 fully saturated rings. The molecule has 0 radical (unpaired) electrons. The summed E-state index contributed by atoms with van der Waals surface area (Å²) in [7, 11) is 1.68. The summed E-state index contributed by atoms with van der Waals surface area (Å²) < 4.78 is 0. The Hall–Kier alpha value is -2.15. The van der Waals surface area contributed by atoms with Crippen molar-refractivity contribution in [3.8, 4) is 0 Å². The Balaban J connectivity index is 2.34. The topological polar surface area (TPSA) is 95.7 Å². The number of anilines is 1. The van der Waals surface area contributed by atoms with Crippen molar-refractivity contribution in [2.75, 3.05) is 25.5 Å². The van der Waals surface area contributed by atoms with Crippen molar-refractivity contribution < 1.29 is 14.8 Å². The van der Waals surface area contributed by atoms with E-state index in [2.05, 4.69) is 5.32 Å². The number of benzene rings is 1. The average Bonchev–Trinajstić information content (AvgIpc) is 2.45. The minimum absolute atomic E-state index is 0.0518. The average molecular weight is 279 g/mol. The van der Waals surface area contributed by atoms with Gasteiger partial charge in [-0.3, -0.25) is 14.9 Å². The zero-order valence-corrected chi connectivity index (χ0v) is 11.2. The van der Waals surface area contributed by atoms with Crippen molar-refractivity contribution >= 4 is 17.3 Å². The van der Waals surface area contributed by atoms with Gasteiger partial charge in [-0.1, -0.05) is 0 Å². The van der Waals surface area contributed by atoms with Gasteiger partial charge in [-0.25, -0.2) is 0 Å². The number of aliphatic hydroxyl groups excluding tert-OH is 1. The molecule has 7 nitrogen and oxygen atoms in total. The van der Waals surface area contributed by atoms with Crippen LogP contribution in [0.15, 0.2) is 18.2 Å². The zero-order valence-electron chi connectivity index (χ0n) is 11.2. The first-order chi connectivity index (χ1) is 9.52. The highest BCUT2D eigenvalue weighted by Gasteiger charge is 2.28. The molecule has 0 saturated carbocycles. The summed E-state index contributed by atoms with van der Waals surface area (Å²) in [4.78, 5) is 24.4. The Morgan fingerprint density at radius 3 is 2.90 bits per heavy atom. The summed E-state index contributed by atoms with van der Waals surface area (Å²) >= 11 is 0. The van der Waals surface area contributed by atoms with E-state index in [4.69, 9.17) is 0 Å². The molecule has 2 rings (SSSR count). The Morgan fingerprint density at radius 2 is 2.30 bits per heavy atom. The van der Waals surface area contributed by atoms with Crippen LogP contribution in [0.2, 0.25) is 0 Å². The number of nitrogens with zero attached hydrogens (tertiary/aromatic N) is 2. The summed E-state index contributed by atoms with van der Waals surface area (Å²) in [5.41, 5.74) is 0.474. The van der Waals surface area contributed by atoms with Gasteiger partial charge >= 0.3 is 0 Å². The Labute approximate surface area is 116 Å². The molecule has 1 unspecified atom stereocenters. The van der Waals surface area contributed by atoms with Crippen LogP contribution in [0.5, 0.6) is 0 Å². The molecule has 0 aromatic heterocycles. The number of nitro benzene ring substituents is 1. The molecule has 0 spiro atoms. The van der Waals surface area contributed by atoms with E-state index in [1.807, 2.05) is 0 Å². The number of hydrogen-bond donors (Lipinski definition) is 2. The Kier molecular flexibility index (Phi) is 4.19. The molecular weight excluding hydrogens is 262 g/mol. The molecular formula is C13H17N3O4. The second kappa shape index (κ2) is 5.87. The van der Waals surface area contributed by atoms with Gasteiger partial charge in [0.2, 0.25) is 0 Å². The van der Waals surface area contributed by atoms with Crippen LogP contribution in [0.3, 0.4) is 0 Å². The highest BCUT2D eigenvalue weighted by molar-refractivity contribution is 5.99. The molecule has 1 saturated heterocycles. The predicted octanol–water partition coefficient (Wildman–Crippen LogP) is 1.23. The van der Waals surface area contributed by atoms with E-state index in [-0.39, 0.29) is 17.8 Å². The van der Waals surface area contributed by atoms with Gasteiger partial charge in [0.1, 0.15) is 5.56 Å². The lowest BCUT2D eigenvalue weighted by Gasteiger charge is -2.30. The number of rotatable bonds is 3. The predicted molar refractivity (Wildman–Crippen MR) is 73.8 cm³/mol. The normalized spacial score (nSPS) is 18.7. The first-order valence-corrected chi connectivity index (χ1v) is 6.46. The van der Waals surface area contributed by atoms with E-state index >= 15 is 0 Å². The number of carbonyl (C=O) groups is 1. The summed E-state index contributed by atoms with van der Waals surface area (Å²) in [5, 5.41) is 23.5. The van der Waals surface area contributed by atoms with Crippen LogP contribution in [0.4, 0.5) is 11.4 Å². The largest absolute Gasteiger partial charge is 0.391 e. The second-order valence-corrected chi connectivity index (χ2v) is 4.79. The number of nitro groups is 1. The molecule has 1 heterocycles. The van der Waals surface area contributed by atoms with Crippen LogP contribution >= 0.6 is 0 Å². The van der Waals surface area contributed by atoms with Gasteiger partial charge in [0.15, 0.2) is 0 Å². The number of aliphatic hydroxyl groups is 1. The highest BCUT2D eigenvalue weighted by Crippen LogP contribution is 2.25. The Morgan fingerprint density at radius 1 is 1.55 bits per heavy atom. The van der Waals surface area contributed by atoms with E-state index in [0.29, 0.717) is 25.1 Å². The molecule has 1 aliphatic heterocycles. The molecule has 1 atom stereocenters. The number of β-amino-alcohol motifs (C(OH)–C–C–N with tert-alkyl or cyclic N) is 1. The first-order valence-electron chi connectivity index (χ1n) is 6.46. The third kappa shape index (κ3) is 2.88. The van der Waals surface area contributed by atoms with Gasteiger partial charge < -0.3 is 15.3 Å². The van der Waals surface area contributed by atoms with Crippen molar-refractivity contribution in [3.05, 3.63) is 33.9 Å². The third-order valence-corrected chi connectivity index (χ3v) is 3.40. The molecule has 1 aromatic rings. The number of likely N-dealkylation sites (tertiary alicyclic amines) is 1. The van der Waals surface area contributed by atoms with Gasteiger partial charge in [0.25, 0.3) is 11.6 Å². The minimum Gasteiger partial charge on any atom is -0.391 e. The van der Waals surface area contributed by atoms with Crippen LogP contribution < -0.4 is 5.32 Å². The summed E-state index contributed by atoms with van der Waals surface area (Å²) in [6.45, 7) is 0.733. The van der Waals surface area contributed by atoms with Crippen LogP contribution in [0.1, 0.15) is 23.2 Å². The van der Waals surface area contributed by atoms with E-state index in [1.165, 1.54) is 17.0 Å². The van der Waals surface area contributed by atoms with Gasteiger partial charge in [0, 0.05) is 31.9 Å². The van der Waals surface area contributed by atoms with Crippen LogP contribution in [0.25, 0.3) is 0 Å². The molecule has 1 amide bonds. The van der Waals surface area contributed by atoms with E-state index in [0.717, 1.165) is 0 Å². The summed E-state index contributed by atoms with van der Waals surface area (Å²) in [6, 6.07) is 4.35. The maximum absolute atomic E-state index is 12.4. The fourth-order valence-corrected chi connectivity index (χ4v) is 2.33. The molecule has 1 aliphatic rings. The smallest absolute Gasteiger partial charge is 0.282 e. The van der Waals surface area contributed by atoms with E-state index in [1.54, 1.807) is 13.1 Å². The summed E-state index contributed by atoms with van der Waals surface area (Å²) in [5.74, 6) is -0.410. The Bertz CT molecular complexity index is 532. The molecule has 108 valence electrons. The van der Waals surface area contributed by atoms with Crippen molar-refractivity contribution in [2.45, 2.75) is 18.9 Å². The molecule has 2 N–H and O–H groups in total. The molecule has 20 heavy (non-hydrogen) atoms.